The van der Waals surface area contributed by atoms with E-state index in [1.54, 1.807) is 25.6 Å². The van der Waals surface area contributed by atoms with Crippen molar-refractivity contribution in [2.75, 3.05) is 12.8 Å². The first-order valence-electron chi connectivity index (χ1n) is 10.5. The minimum absolute atomic E-state index is 0.252. The SMILES string of the molecule is COc1cc(-c2cnc3[nH]cc(-c4c(C)nn(Cc5cccc(F)c5)c4C)c3c2)cnc1N. The Hall–Kier alpha value is -4.20. The van der Waals surface area contributed by atoms with Gasteiger partial charge in [-0.15, -0.1) is 0 Å². The van der Waals surface area contributed by atoms with Crippen LogP contribution in [-0.4, -0.2) is 31.8 Å². The van der Waals surface area contributed by atoms with Crippen LogP contribution in [0.25, 0.3) is 33.3 Å². The van der Waals surface area contributed by atoms with Crippen molar-refractivity contribution in [3.05, 3.63) is 77.8 Å². The zero-order valence-corrected chi connectivity index (χ0v) is 18.6. The van der Waals surface area contributed by atoms with Crippen LogP contribution in [0.15, 0.2) is 55.0 Å². The maximum Gasteiger partial charge on any atom is 0.166 e. The zero-order valence-electron chi connectivity index (χ0n) is 18.6. The highest BCUT2D eigenvalue weighted by molar-refractivity contribution is 5.97. The number of nitrogens with one attached hydrogen (secondary N) is 1. The van der Waals surface area contributed by atoms with Gasteiger partial charge in [0.25, 0.3) is 0 Å². The summed E-state index contributed by atoms with van der Waals surface area (Å²) in [7, 11) is 1.57. The van der Waals surface area contributed by atoms with Gasteiger partial charge < -0.3 is 15.5 Å². The highest BCUT2D eigenvalue weighted by atomic mass is 19.1. The lowest BCUT2D eigenvalue weighted by Crippen LogP contribution is -2.04. The van der Waals surface area contributed by atoms with Crippen LogP contribution in [-0.2, 0) is 6.54 Å². The van der Waals surface area contributed by atoms with Crippen molar-refractivity contribution in [2.24, 2.45) is 0 Å². The van der Waals surface area contributed by atoms with Gasteiger partial charge in [-0.1, -0.05) is 12.1 Å². The number of ether oxygens (including phenoxy) is 1. The molecule has 0 saturated heterocycles. The summed E-state index contributed by atoms with van der Waals surface area (Å²) in [4.78, 5) is 12.1. The topological polar surface area (TPSA) is 94.6 Å². The summed E-state index contributed by atoms with van der Waals surface area (Å²) >= 11 is 0. The smallest absolute Gasteiger partial charge is 0.166 e. The minimum atomic E-state index is -0.252. The Balaban J connectivity index is 1.58. The molecule has 0 amide bonds. The maximum atomic E-state index is 13.6. The second-order valence-electron chi connectivity index (χ2n) is 7.97. The van der Waals surface area contributed by atoms with Gasteiger partial charge in [-0.3, -0.25) is 4.68 Å². The number of pyridine rings is 2. The van der Waals surface area contributed by atoms with Gasteiger partial charge in [0, 0.05) is 51.9 Å². The highest BCUT2D eigenvalue weighted by Gasteiger charge is 2.18. The number of anilines is 1. The molecule has 1 aromatic carbocycles. The molecule has 7 nitrogen and oxygen atoms in total. The molecule has 0 aliphatic heterocycles. The molecule has 5 rings (SSSR count). The Labute approximate surface area is 190 Å². The number of hydrogen-bond donors (Lipinski definition) is 2. The number of aromatic amines is 1. The largest absolute Gasteiger partial charge is 0.493 e. The van der Waals surface area contributed by atoms with Gasteiger partial charge in [0.2, 0.25) is 0 Å². The van der Waals surface area contributed by atoms with Crippen LogP contribution < -0.4 is 10.5 Å². The van der Waals surface area contributed by atoms with E-state index in [4.69, 9.17) is 15.6 Å². The van der Waals surface area contributed by atoms with Crippen molar-refractivity contribution in [3.63, 3.8) is 0 Å². The quantitative estimate of drug-likeness (QED) is 0.404. The van der Waals surface area contributed by atoms with E-state index in [1.165, 1.54) is 12.1 Å². The molecule has 0 spiro atoms. The standard InChI is InChI=1S/C25H23FN6O/c1-14-23(15(2)32(31-14)13-16-5-4-6-19(26)7-16)21-12-30-25-20(21)8-17(11-29-25)18-9-22(33-3)24(27)28-10-18/h4-12H,13H2,1-3H3,(H2,27,28)(H,29,30). The normalized spacial score (nSPS) is 11.3. The van der Waals surface area contributed by atoms with Gasteiger partial charge in [-0.05, 0) is 43.7 Å². The second-order valence-corrected chi connectivity index (χ2v) is 7.97. The molecular formula is C25H23FN6O. The molecule has 0 aliphatic rings. The molecular weight excluding hydrogens is 419 g/mol. The van der Waals surface area contributed by atoms with E-state index in [9.17, 15) is 4.39 Å². The Bertz CT molecular complexity index is 1490. The Morgan fingerprint density at radius 3 is 2.67 bits per heavy atom. The summed E-state index contributed by atoms with van der Waals surface area (Å²) in [5.41, 5.74) is 13.2. The lowest BCUT2D eigenvalue weighted by Gasteiger charge is -2.08. The van der Waals surface area contributed by atoms with E-state index in [0.29, 0.717) is 18.1 Å². The first-order valence-corrected chi connectivity index (χ1v) is 10.5. The number of fused-ring (bicyclic) bond motifs is 1. The van der Waals surface area contributed by atoms with Crippen LogP contribution in [0.4, 0.5) is 10.2 Å². The summed E-state index contributed by atoms with van der Waals surface area (Å²) in [5.74, 6) is 0.611. The van der Waals surface area contributed by atoms with E-state index >= 15 is 0 Å². The molecule has 0 unspecified atom stereocenters. The number of aryl methyl sites for hydroxylation is 1. The van der Waals surface area contributed by atoms with E-state index in [-0.39, 0.29) is 5.82 Å². The van der Waals surface area contributed by atoms with Gasteiger partial charge in [-0.2, -0.15) is 5.10 Å². The molecule has 33 heavy (non-hydrogen) atoms. The lowest BCUT2D eigenvalue weighted by molar-refractivity contribution is 0.415. The molecule has 4 aromatic heterocycles. The predicted octanol–water partition coefficient (Wildman–Crippen LogP) is 4.88. The van der Waals surface area contributed by atoms with Crippen LogP contribution in [0, 0.1) is 19.7 Å². The second kappa shape index (κ2) is 8.05. The van der Waals surface area contributed by atoms with Crippen LogP contribution in [0.3, 0.4) is 0 Å². The van der Waals surface area contributed by atoms with E-state index in [0.717, 1.165) is 50.2 Å². The molecule has 0 radical (unpaired) electrons. The van der Waals surface area contributed by atoms with Crippen molar-refractivity contribution in [3.8, 4) is 28.0 Å². The fourth-order valence-corrected chi connectivity index (χ4v) is 4.19. The fraction of sp³-hybridized carbons (Fsp3) is 0.160. The number of benzene rings is 1. The third kappa shape index (κ3) is 3.69. The number of rotatable bonds is 5. The van der Waals surface area contributed by atoms with Crippen molar-refractivity contribution < 1.29 is 9.13 Å². The Kier molecular flexibility index (Phi) is 5.05. The van der Waals surface area contributed by atoms with Gasteiger partial charge >= 0.3 is 0 Å². The van der Waals surface area contributed by atoms with Crippen molar-refractivity contribution in [1.82, 2.24) is 24.7 Å². The molecule has 0 atom stereocenters. The summed E-state index contributed by atoms with van der Waals surface area (Å²) < 4.78 is 20.9. The summed E-state index contributed by atoms with van der Waals surface area (Å²) in [6, 6.07) is 10.5. The highest BCUT2D eigenvalue weighted by Crippen LogP contribution is 2.35. The first kappa shape index (κ1) is 20.7. The zero-order chi connectivity index (χ0) is 23.1. The monoisotopic (exact) mass is 442 g/mol. The summed E-state index contributed by atoms with van der Waals surface area (Å²) in [6.07, 6.45) is 5.45. The average molecular weight is 442 g/mol. The molecule has 4 heterocycles. The van der Waals surface area contributed by atoms with Crippen LogP contribution in [0.5, 0.6) is 5.75 Å². The number of aromatic nitrogens is 5. The van der Waals surface area contributed by atoms with Gasteiger partial charge in [0.15, 0.2) is 11.6 Å². The third-order valence-corrected chi connectivity index (χ3v) is 5.84. The van der Waals surface area contributed by atoms with Crippen LogP contribution in [0.1, 0.15) is 17.0 Å². The third-order valence-electron chi connectivity index (χ3n) is 5.84. The molecule has 0 fully saturated rings. The number of nitrogens with two attached hydrogens (primary N) is 1. The van der Waals surface area contributed by atoms with Crippen molar-refractivity contribution in [1.29, 1.82) is 0 Å². The molecule has 0 bridgehead atoms. The van der Waals surface area contributed by atoms with Crippen LogP contribution >= 0.6 is 0 Å². The van der Waals surface area contributed by atoms with Gasteiger partial charge in [0.1, 0.15) is 11.5 Å². The Morgan fingerprint density at radius 1 is 1.09 bits per heavy atom. The predicted molar refractivity (Wildman–Crippen MR) is 126 cm³/mol. The fourth-order valence-electron chi connectivity index (χ4n) is 4.19. The van der Waals surface area contributed by atoms with E-state index in [1.807, 2.05) is 36.9 Å². The number of nitrogens with zero attached hydrogens (tertiary/aromatic N) is 4. The lowest BCUT2D eigenvalue weighted by atomic mass is 10.0. The molecule has 0 aliphatic carbocycles. The number of nitrogen functional groups attached to an aromatic ring is 1. The molecule has 8 heteroatoms. The summed E-state index contributed by atoms with van der Waals surface area (Å²) in [5, 5.41) is 5.70. The van der Waals surface area contributed by atoms with Crippen molar-refractivity contribution >= 4 is 16.9 Å². The average Bonchev–Trinajstić information content (AvgIpc) is 3.33. The number of H-pyrrole nitrogens is 1. The summed E-state index contributed by atoms with van der Waals surface area (Å²) in [6.45, 7) is 4.50. The van der Waals surface area contributed by atoms with E-state index < -0.39 is 0 Å². The number of methoxy groups -OCH3 is 1. The van der Waals surface area contributed by atoms with Gasteiger partial charge in [-0.25, -0.2) is 14.4 Å². The molecule has 5 aromatic rings. The van der Waals surface area contributed by atoms with E-state index in [2.05, 4.69) is 21.0 Å². The van der Waals surface area contributed by atoms with Crippen molar-refractivity contribution in [2.45, 2.75) is 20.4 Å². The molecule has 166 valence electrons. The first-order chi connectivity index (χ1) is 15.9. The van der Waals surface area contributed by atoms with Crippen LogP contribution in [0.2, 0.25) is 0 Å². The molecule has 3 N–H and O–H groups in total. The maximum absolute atomic E-state index is 13.6. The number of hydrogen-bond acceptors (Lipinski definition) is 5. The van der Waals surface area contributed by atoms with Gasteiger partial charge in [0.05, 0.1) is 19.3 Å². The number of halogens is 1. The Morgan fingerprint density at radius 2 is 1.88 bits per heavy atom. The minimum Gasteiger partial charge on any atom is -0.493 e. The molecule has 0 saturated carbocycles.